The first-order valence-corrected chi connectivity index (χ1v) is 3.38. The fourth-order valence-corrected chi connectivity index (χ4v) is 0.887. The number of aromatic amines is 1. The van der Waals surface area contributed by atoms with Crippen molar-refractivity contribution in [3.8, 4) is 6.07 Å². The van der Waals surface area contributed by atoms with Gasteiger partial charge in [0.2, 0.25) is 0 Å². The molecular formula is C7H5N3O3. The van der Waals surface area contributed by atoms with Crippen LogP contribution in [0, 0.1) is 21.4 Å². The number of nitrogens with one attached hydrogen (secondary N) is 1. The van der Waals surface area contributed by atoms with E-state index in [0.29, 0.717) is 0 Å². The molecule has 0 saturated heterocycles. The first kappa shape index (κ1) is 8.93. The number of rotatable bonds is 2. The molecule has 6 heteroatoms. The Balaban J connectivity index is 3.28. The maximum atomic E-state index is 10.7. The van der Waals surface area contributed by atoms with Gasteiger partial charge in [-0.2, -0.15) is 5.26 Å². The van der Waals surface area contributed by atoms with Gasteiger partial charge in [-0.15, -0.1) is 0 Å². The van der Waals surface area contributed by atoms with Gasteiger partial charge in [-0.3, -0.25) is 14.9 Å². The monoisotopic (exact) mass is 179 g/mol. The first-order chi connectivity index (χ1) is 6.15. The largest absolute Gasteiger partial charge is 0.328 e. The smallest absolute Gasteiger partial charge is 0.280 e. The predicted octanol–water partition coefficient (Wildman–Crippen LogP) is 0.349. The highest BCUT2D eigenvalue weighted by Crippen LogP contribution is 2.14. The van der Waals surface area contributed by atoms with Crippen molar-refractivity contribution in [1.29, 1.82) is 5.26 Å². The van der Waals surface area contributed by atoms with Crippen LogP contribution in [0.4, 0.5) is 5.69 Å². The van der Waals surface area contributed by atoms with Crippen molar-refractivity contribution in [3.63, 3.8) is 0 Å². The van der Waals surface area contributed by atoms with Gasteiger partial charge in [0.1, 0.15) is 0 Å². The van der Waals surface area contributed by atoms with E-state index in [1.54, 1.807) is 6.07 Å². The quantitative estimate of drug-likeness (QED) is 0.522. The van der Waals surface area contributed by atoms with E-state index in [9.17, 15) is 14.9 Å². The molecular weight excluding hydrogens is 174 g/mol. The van der Waals surface area contributed by atoms with E-state index in [-0.39, 0.29) is 17.7 Å². The zero-order valence-corrected chi connectivity index (χ0v) is 6.48. The number of aromatic nitrogens is 1. The van der Waals surface area contributed by atoms with Crippen molar-refractivity contribution in [1.82, 2.24) is 4.98 Å². The average molecular weight is 179 g/mol. The van der Waals surface area contributed by atoms with Gasteiger partial charge in [-0.1, -0.05) is 0 Å². The van der Waals surface area contributed by atoms with Crippen LogP contribution in [0.5, 0.6) is 0 Å². The third-order valence-electron chi connectivity index (χ3n) is 1.45. The van der Waals surface area contributed by atoms with Crippen molar-refractivity contribution in [2.24, 2.45) is 0 Å². The van der Waals surface area contributed by atoms with Crippen molar-refractivity contribution in [2.75, 3.05) is 0 Å². The Kier molecular flexibility index (Phi) is 2.40. The molecule has 0 saturated carbocycles. The topological polar surface area (TPSA) is 99.8 Å². The summed E-state index contributed by atoms with van der Waals surface area (Å²) in [7, 11) is 0. The molecule has 1 aromatic rings. The lowest BCUT2D eigenvalue weighted by atomic mass is 10.2. The van der Waals surface area contributed by atoms with Gasteiger partial charge in [-0.25, -0.2) is 0 Å². The molecule has 0 fully saturated rings. The van der Waals surface area contributed by atoms with Gasteiger partial charge in [0.25, 0.3) is 11.2 Å². The lowest BCUT2D eigenvalue weighted by molar-refractivity contribution is -0.385. The molecule has 1 heterocycles. The lowest BCUT2D eigenvalue weighted by Gasteiger charge is -1.95. The molecule has 13 heavy (non-hydrogen) atoms. The van der Waals surface area contributed by atoms with E-state index in [1.165, 1.54) is 6.20 Å². The van der Waals surface area contributed by atoms with E-state index in [1.807, 2.05) is 0 Å². The number of nitriles is 1. The Labute approximate surface area is 72.6 Å². The third-order valence-corrected chi connectivity index (χ3v) is 1.45. The first-order valence-electron chi connectivity index (χ1n) is 3.38. The number of nitro groups is 1. The summed E-state index contributed by atoms with van der Waals surface area (Å²) in [5.74, 6) is 0. The lowest BCUT2D eigenvalue weighted by Crippen LogP contribution is -2.07. The third kappa shape index (κ3) is 1.90. The summed E-state index contributed by atoms with van der Waals surface area (Å²) in [6.07, 6.45) is 1.09. The van der Waals surface area contributed by atoms with Gasteiger partial charge >= 0.3 is 0 Å². The molecule has 0 aromatic carbocycles. The second-order valence-corrected chi connectivity index (χ2v) is 2.30. The predicted molar refractivity (Wildman–Crippen MR) is 43.0 cm³/mol. The van der Waals surface area contributed by atoms with Crippen LogP contribution in [0.3, 0.4) is 0 Å². The fourth-order valence-electron chi connectivity index (χ4n) is 0.887. The van der Waals surface area contributed by atoms with Crippen LogP contribution in [-0.2, 0) is 6.42 Å². The van der Waals surface area contributed by atoms with E-state index >= 15 is 0 Å². The number of nitrogens with zero attached hydrogens (tertiary/aromatic N) is 2. The number of H-pyrrole nitrogens is 1. The highest BCUT2D eigenvalue weighted by atomic mass is 16.6. The normalized spacial score (nSPS) is 9.15. The minimum atomic E-state index is -0.679. The minimum absolute atomic E-state index is 0.0902. The second kappa shape index (κ2) is 3.49. The zero-order valence-electron chi connectivity index (χ0n) is 6.48. The minimum Gasteiger partial charge on any atom is -0.328 e. The van der Waals surface area contributed by atoms with Crippen molar-refractivity contribution in [3.05, 3.63) is 38.3 Å². The Morgan fingerprint density at radius 1 is 1.69 bits per heavy atom. The zero-order chi connectivity index (χ0) is 9.84. The van der Waals surface area contributed by atoms with Gasteiger partial charge in [0.15, 0.2) is 0 Å². The molecule has 1 aromatic heterocycles. The van der Waals surface area contributed by atoms with Gasteiger partial charge in [0, 0.05) is 6.20 Å². The molecule has 0 aliphatic rings. The highest BCUT2D eigenvalue weighted by molar-refractivity contribution is 5.38. The Morgan fingerprint density at radius 3 is 2.92 bits per heavy atom. The van der Waals surface area contributed by atoms with Crippen LogP contribution in [0.15, 0.2) is 17.1 Å². The van der Waals surface area contributed by atoms with Crippen LogP contribution in [0.25, 0.3) is 0 Å². The molecule has 1 N–H and O–H groups in total. The summed E-state index contributed by atoms with van der Waals surface area (Å²) < 4.78 is 0. The molecule has 6 nitrogen and oxygen atoms in total. The Bertz CT molecular complexity index is 429. The maximum Gasteiger partial charge on any atom is 0.280 e. The molecule has 0 amide bonds. The molecule has 0 aliphatic heterocycles. The van der Waals surface area contributed by atoms with Gasteiger partial charge in [-0.05, 0) is 0 Å². The average Bonchev–Trinajstić information content (AvgIpc) is 2.08. The van der Waals surface area contributed by atoms with Crippen molar-refractivity contribution in [2.45, 2.75) is 6.42 Å². The van der Waals surface area contributed by atoms with E-state index in [4.69, 9.17) is 5.26 Å². The van der Waals surface area contributed by atoms with E-state index < -0.39 is 10.5 Å². The standard InChI is InChI=1S/C7H5N3O3/c8-2-1-5-4-9-7(11)3-6(5)10(12)13/h3-4H,1H2,(H,9,11). The Hall–Kier alpha value is -2.16. The number of hydrogen-bond donors (Lipinski definition) is 1. The van der Waals surface area contributed by atoms with Gasteiger partial charge in [0.05, 0.1) is 29.0 Å². The van der Waals surface area contributed by atoms with Gasteiger partial charge < -0.3 is 4.98 Å². The SMILES string of the molecule is N#CCc1c[nH]c(=O)cc1[N+](=O)[O-]. The van der Waals surface area contributed by atoms with E-state index in [2.05, 4.69) is 4.98 Å². The van der Waals surface area contributed by atoms with Crippen LogP contribution in [0.1, 0.15) is 5.56 Å². The summed E-state index contributed by atoms with van der Waals surface area (Å²) in [5, 5.41) is 18.7. The second-order valence-electron chi connectivity index (χ2n) is 2.30. The summed E-state index contributed by atoms with van der Waals surface area (Å²) in [5.41, 5.74) is -0.647. The van der Waals surface area contributed by atoms with Crippen molar-refractivity contribution < 1.29 is 4.92 Å². The van der Waals surface area contributed by atoms with Crippen LogP contribution >= 0.6 is 0 Å². The number of hydrogen-bond acceptors (Lipinski definition) is 4. The molecule has 0 radical (unpaired) electrons. The van der Waals surface area contributed by atoms with E-state index in [0.717, 1.165) is 6.07 Å². The summed E-state index contributed by atoms with van der Waals surface area (Å²) in [6, 6.07) is 2.64. The highest BCUT2D eigenvalue weighted by Gasteiger charge is 2.13. The molecule has 0 bridgehead atoms. The summed E-state index contributed by atoms with van der Waals surface area (Å²) >= 11 is 0. The fraction of sp³-hybridized carbons (Fsp3) is 0.143. The summed E-state index contributed by atoms with van der Waals surface area (Å²) in [4.78, 5) is 22.7. The molecule has 0 aliphatic carbocycles. The van der Waals surface area contributed by atoms with Crippen LogP contribution in [-0.4, -0.2) is 9.91 Å². The molecule has 0 unspecified atom stereocenters. The summed E-state index contributed by atoms with van der Waals surface area (Å²) in [6.45, 7) is 0. The van der Waals surface area contributed by atoms with Crippen LogP contribution < -0.4 is 5.56 Å². The maximum absolute atomic E-state index is 10.7. The molecule has 1 rings (SSSR count). The number of pyridine rings is 1. The molecule has 66 valence electrons. The molecule has 0 spiro atoms. The van der Waals surface area contributed by atoms with Crippen molar-refractivity contribution >= 4 is 5.69 Å². The molecule has 0 atom stereocenters. The van der Waals surface area contributed by atoms with Crippen LogP contribution in [0.2, 0.25) is 0 Å². The Morgan fingerprint density at radius 2 is 2.38 bits per heavy atom.